The minimum absolute atomic E-state index is 0.0166. The van der Waals surface area contributed by atoms with Gasteiger partial charge in [-0.3, -0.25) is 9.48 Å². The van der Waals surface area contributed by atoms with Gasteiger partial charge in [0.15, 0.2) is 0 Å². The number of rotatable bonds is 6. The van der Waals surface area contributed by atoms with Gasteiger partial charge < -0.3 is 10.1 Å². The molecule has 0 bridgehead atoms. The molecule has 1 N–H and O–H groups in total. The fourth-order valence-corrected chi connectivity index (χ4v) is 2.46. The Morgan fingerprint density at radius 1 is 1.35 bits per heavy atom. The minimum atomic E-state index is -0.266. The van der Waals surface area contributed by atoms with Crippen molar-refractivity contribution in [3.8, 4) is 5.88 Å². The van der Waals surface area contributed by atoms with Gasteiger partial charge in [0.25, 0.3) is 5.91 Å². The number of pyridine rings is 1. The lowest BCUT2D eigenvalue weighted by molar-refractivity contribution is 0.102. The molecule has 6 heteroatoms. The van der Waals surface area contributed by atoms with E-state index >= 15 is 0 Å². The Balaban J connectivity index is 1.66. The van der Waals surface area contributed by atoms with Crippen molar-refractivity contribution in [1.29, 1.82) is 0 Å². The van der Waals surface area contributed by atoms with E-state index in [4.69, 9.17) is 4.74 Å². The molecular weight excluding hydrogens is 292 g/mol. The zero-order valence-corrected chi connectivity index (χ0v) is 13.7. The third-order valence-electron chi connectivity index (χ3n) is 3.89. The molecule has 1 amide bonds. The Hall–Kier alpha value is -2.37. The fourth-order valence-electron chi connectivity index (χ4n) is 2.46. The molecule has 0 spiro atoms. The van der Waals surface area contributed by atoms with E-state index in [1.165, 1.54) is 12.8 Å². The molecule has 0 saturated heterocycles. The summed E-state index contributed by atoms with van der Waals surface area (Å²) < 4.78 is 7.43. The van der Waals surface area contributed by atoms with Crippen LogP contribution >= 0.6 is 0 Å². The average Bonchev–Trinajstić information content (AvgIpc) is 3.26. The van der Waals surface area contributed by atoms with Gasteiger partial charge in [-0.25, -0.2) is 4.98 Å². The molecule has 1 aliphatic rings. The summed E-state index contributed by atoms with van der Waals surface area (Å²) in [5.74, 6) is 0.897. The summed E-state index contributed by atoms with van der Waals surface area (Å²) in [6.45, 7) is 6.00. The maximum atomic E-state index is 12.3. The van der Waals surface area contributed by atoms with Crippen LogP contribution in [0.1, 0.15) is 50.1 Å². The van der Waals surface area contributed by atoms with Crippen molar-refractivity contribution in [2.45, 2.75) is 45.8 Å². The first-order valence-electron chi connectivity index (χ1n) is 8.02. The molecule has 2 aromatic heterocycles. The normalized spacial score (nSPS) is 15.5. The van der Waals surface area contributed by atoms with Crippen LogP contribution in [0.5, 0.6) is 5.88 Å². The summed E-state index contributed by atoms with van der Waals surface area (Å²) in [5.41, 5.74) is 1.01. The zero-order chi connectivity index (χ0) is 16.4. The van der Waals surface area contributed by atoms with Crippen LogP contribution in [0.4, 0.5) is 5.69 Å². The monoisotopic (exact) mass is 314 g/mol. The number of hydrogen-bond donors (Lipinski definition) is 1. The summed E-state index contributed by atoms with van der Waals surface area (Å²) in [4.78, 5) is 16.5. The molecule has 1 fully saturated rings. The average molecular weight is 314 g/mol. The van der Waals surface area contributed by atoms with Gasteiger partial charge in [-0.15, -0.1) is 0 Å². The van der Waals surface area contributed by atoms with Gasteiger partial charge in [0.1, 0.15) is 5.69 Å². The predicted octanol–water partition coefficient (Wildman–Crippen LogP) is 3.29. The number of amides is 1. The largest absolute Gasteiger partial charge is 0.475 e. The number of anilines is 1. The number of carbonyl (C=O) groups excluding carboxylic acids is 1. The first-order valence-corrected chi connectivity index (χ1v) is 8.02. The molecule has 2 aromatic rings. The van der Waals surface area contributed by atoms with Crippen molar-refractivity contribution in [3.63, 3.8) is 0 Å². The second-order valence-corrected chi connectivity index (χ2v) is 6.27. The van der Waals surface area contributed by atoms with E-state index in [1.807, 2.05) is 24.7 Å². The molecule has 2 heterocycles. The maximum absolute atomic E-state index is 12.3. The minimum Gasteiger partial charge on any atom is -0.475 e. The van der Waals surface area contributed by atoms with E-state index < -0.39 is 0 Å². The first kappa shape index (κ1) is 15.5. The standard InChI is InChI=1S/C17H22N4O2/c1-11(2)23-16-6-4-5-15(20-16)17(22)19-14-9-18-21(10-14)12(3)13-7-8-13/h4-6,9-13H,7-8H2,1-3H3,(H,19,22). The smallest absolute Gasteiger partial charge is 0.274 e. The molecule has 3 rings (SSSR count). The Labute approximate surface area is 135 Å². The number of ether oxygens (including phenoxy) is 1. The lowest BCUT2D eigenvalue weighted by Crippen LogP contribution is -2.15. The molecule has 0 aliphatic heterocycles. The van der Waals surface area contributed by atoms with Crippen LogP contribution in [-0.4, -0.2) is 26.8 Å². The Morgan fingerprint density at radius 3 is 2.83 bits per heavy atom. The lowest BCUT2D eigenvalue weighted by Gasteiger charge is -2.10. The van der Waals surface area contributed by atoms with Gasteiger partial charge in [-0.2, -0.15) is 5.10 Å². The van der Waals surface area contributed by atoms with Gasteiger partial charge in [0, 0.05) is 12.3 Å². The van der Waals surface area contributed by atoms with Gasteiger partial charge in [-0.1, -0.05) is 6.07 Å². The molecule has 122 valence electrons. The first-order chi connectivity index (χ1) is 11.0. The van der Waals surface area contributed by atoms with Crippen LogP contribution in [0, 0.1) is 5.92 Å². The highest BCUT2D eigenvalue weighted by Crippen LogP contribution is 2.39. The van der Waals surface area contributed by atoms with E-state index in [2.05, 4.69) is 22.3 Å². The maximum Gasteiger partial charge on any atom is 0.274 e. The van der Waals surface area contributed by atoms with E-state index in [9.17, 15) is 4.79 Å². The Morgan fingerprint density at radius 2 is 2.13 bits per heavy atom. The number of hydrogen-bond acceptors (Lipinski definition) is 4. The molecule has 6 nitrogen and oxygen atoms in total. The molecule has 0 radical (unpaired) electrons. The van der Waals surface area contributed by atoms with Crippen LogP contribution in [0.25, 0.3) is 0 Å². The number of nitrogens with zero attached hydrogens (tertiary/aromatic N) is 3. The van der Waals surface area contributed by atoms with Gasteiger partial charge >= 0.3 is 0 Å². The highest BCUT2D eigenvalue weighted by Gasteiger charge is 2.29. The number of nitrogens with one attached hydrogen (secondary N) is 1. The molecule has 0 aromatic carbocycles. The second kappa shape index (κ2) is 6.40. The van der Waals surface area contributed by atoms with Crippen molar-refractivity contribution in [2.24, 2.45) is 5.92 Å². The summed E-state index contributed by atoms with van der Waals surface area (Å²) >= 11 is 0. The summed E-state index contributed by atoms with van der Waals surface area (Å²) in [6, 6.07) is 5.55. The van der Waals surface area contributed by atoms with Gasteiger partial charge in [0.05, 0.1) is 24.0 Å². The van der Waals surface area contributed by atoms with Crippen LogP contribution < -0.4 is 10.1 Å². The van der Waals surface area contributed by atoms with Crippen LogP contribution in [-0.2, 0) is 0 Å². The molecule has 1 atom stereocenters. The third kappa shape index (κ3) is 3.88. The van der Waals surface area contributed by atoms with Crippen LogP contribution in [0.15, 0.2) is 30.6 Å². The van der Waals surface area contributed by atoms with Gasteiger partial charge in [0.2, 0.25) is 5.88 Å². The van der Waals surface area contributed by atoms with Crippen molar-refractivity contribution < 1.29 is 9.53 Å². The molecule has 1 saturated carbocycles. The fraction of sp³-hybridized carbons (Fsp3) is 0.471. The van der Waals surface area contributed by atoms with Crippen molar-refractivity contribution in [1.82, 2.24) is 14.8 Å². The van der Waals surface area contributed by atoms with Gasteiger partial charge in [-0.05, 0) is 45.6 Å². The highest BCUT2D eigenvalue weighted by atomic mass is 16.5. The Bertz CT molecular complexity index is 691. The molecular formula is C17H22N4O2. The third-order valence-corrected chi connectivity index (χ3v) is 3.89. The molecule has 1 unspecified atom stereocenters. The van der Waals surface area contributed by atoms with Crippen molar-refractivity contribution in [3.05, 3.63) is 36.3 Å². The second-order valence-electron chi connectivity index (χ2n) is 6.27. The zero-order valence-electron chi connectivity index (χ0n) is 13.7. The quantitative estimate of drug-likeness (QED) is 0.888. The predicted molar refractivity (Wildman–Crippen MR) is 87.6 cm³/mol. The number of aromatic nitrogens is 3. The SMILES string of the molecule is CC(C)Oc1cccc(C(=O)Nc2cnn(C(C)C3CC3)c2)n1. The topological polar surface area (TPSA) is 69.0 Å². The van der Waals surface area contributed by atoms with Crippen molar-refractivity contribution in [2.75, 3.05) is 5.32 Å². The number of carbonyl (C=O) groups is 1. The van der Waals surface area contributed by atoms with Crippen molar-refractivity contribution >= 4 is 11.6 Å². The van der Waals surface area contributed by atoms with Crippen LogP contribution in [0.3, 0.4) is 0 Å². The van der Waals surface area contributed by atoms with E-state index in [-0.39, 0.29) is 12.0 Å². The van der Waals surface area contributed by atoms with Crippen LogP contribution in [0.2, 0.25) is 0 Å². The highest BCUT2D eigenvalue weighted by molar-refractivity contribution is 6.02. The summed E-state index contributed by atoms with van der Waals surface area (Å²) in [7, 11) is 0. The Kier molecular flexibility index (Phi) is 4.32. The lowest BCUT2D eigenvalue weighted by atomic mass is 10.2. The molecule has 1 aliphatic carbocycles. The molecule has 23 heavy (non-hydrogen) atoms. The van der Waals surface area contributed by atoms with E-state index in [1.54, 1.807) is 24.4 Å². The van der Waals surface area contributed by atoms with E-state index in [0.717, 1.165) is 0 Å². The van der Waals surface area contributed by atoms with E-state index in [0.29, 0.717) is 29.2 Å². The summed E-state index contributed by atoms with van der Waals surface area (Å²) in [6.07, 6.45) is 6.08. The summed E-state index contributed by atoms with van der Waals surface area (Å²) in [5, 5.41) is 7.17.